The summed E-state index contributed by atoms with van der Waals surface area (Å²) in [4.78, 5) is 36.0. The molecule has 22 heavy (non-hydrogen) atoms. The highest BCUT2D eigenvalue weighted by atomic mass is 16.6. The molecule has 5 nitrogen and oxygen atoms in total. The van der Waals surface area contributed by atoms with Crippen LogP contribution in [0.15, 0.2) is 30.3 Å². The van der Waals surface area contributed by atoms with Crippen LogP contribution in [0, 0.1) is 5.92 Å². The van der Waals surface area contributed by atoms with Gasteiger partial charge >= 0.3 is 11.9 Å². The van der Waals surface area contributed by atoms with Crippen LogP contribution >= 0.6 is 0 Å². The summed E-state index contributed by atoms with van der Waals surface area (Å²) < 4.78 is 10.0. The van der Waals surface area contributed by atoms with Crippen molar-refractivity contribution in [2.24, 2.45) is 5.92 Å². The SMILES string of the molecule is CCOC(=O)C(C(=O)OCC)[C@@H](CC(C)=O)c1ccccc1. The molecule has 1 aromatic carbocycles. The number of benzene rings is 1. The minimum absolute atomic E-state index is 0.0757. The zero-order chi connectivity index (χ0) is 16.5. The molecule has 0 bridgehead atoms. The third kappa shape index (κ3) is 4.98. The van der Waals surface area contributed by atoms with Crippen molar-refractivity contribution in [1.82, 2.24) is 0 Å². The molecule has 0 aliphatic carbocycles. The Labute approximate surface area is 130 Å². The average Bonchev–Trinajstić information content (AvgIpc) is 2.47. The Kier molecular flexibility index (Phi) is 7.29. The van der Waals surface area contributed by atoms with Gasteiger partial charge in [0.1, 0.15) is 5.78 Å². The smallest absolute Gasteiger partial charge is 0.320 e. The van der Waals surface area contributed by atoms with Crippen LogP contribution in [0.4, 0.5) is 0 Å². The fourth-order valence-electron chi connectivity index (χ4n) is 2.33. The molecule has 1 aromatic rings. The normalized spacial score (nSPS) is 11.8. The maximum absolute atomic E-state index is 12.2. The Morgan fingerprint density at radius 2 is 1.45 bits per heavy atom. The molecule has 0 aliphatic heterocycles. The van der Waals surface area contributed by atoms with E-state index in [2.05, 4.69) is 0 Å². The molecular weight excluding hydrogens is 284 g/mol. The fourth-order valence-corrected chi connectivity index (χ4v) is 2.33. The molecule has 5 heteroatoms. The van der Waals surface area contributed by atoms with Gasteiger partial charge in [-0.3, -0.25) is 9.59 Å². The summed E-state index contributed by atoms with van der Waals surface area (Å²) in [5.41, 5.74) is 0.740. The van der Waals surface area contributed by atoms with Crippen molar-refractivity contribution in [1.29, 1.82) is 0 Å². The Hall–Kier alpha value is -2.17. The fraction of sp³-hybridized carbons (Fsp3) is 0.471. The summed E-state index contributed by atoms with van der Waals surface area (Å²) in [6.07, 6.45) is 0.0757. The predicted octanol–water partition coefficient (Wildman–Crippen LogP) is 2.49. The van der Waals surface area contributed by atoms with Gasteiger partial charge < -0.3 is 14.3 Å². The topological polar surface area (TPSA) is 69.7 Å². The Bertz CT molecular complexity index is 491. The molecule has 0 saturated carbocycles. The maximum atomic E-state index is 12.2. The molecule has 120 valence electrons. The summed E-state index contributed by atoms with van der Waals surface area (Å²) in [5, 5.41) is 0. The van der Waals surface area contributed by atoms with E-state index >= 15 is 0 Å². The molecule has 0 N–H and O–H groups in total. The van der Waals surface area contributed by atoms with Crippen LogP contribution in [0.25, 0.3) is 0 Å². The number of esters is 2. The standard InChI is InChI=1S/C17H22O5/c1-4-21-16(19)15(17(20)22-5-2)14(11-12(3)18)13-9-7-6-8-10-13/h6-10,14-15H,4-5,11H2,1-3H3/t14-/m0/s1. The van der Waals surface area contributed by atoms with E-state index < -0.39 is 23.8 Å². The highest BCUT2D eigenvalue weighted by Crippen LogP contribution is 2.30. The second-order valence-electron chi connectivity index (χ2n) is 4.91. The molecule has 0 unspecified atom stereocenters. The second-order valence-corrected chi connectivity index (χ2v) is 4.91. The maximum Gasteiger partial charge on any atom is 0.320 e. The molecule has 1 atom stereocenters. The highest BCUT2D eigenvalue weighted by Gasteiger charge is 2.38. The quantitative estimate of drug-likeness (QED) is 0.545. The number of hydrogen-bond acceptors (Lipinski definition) is 5. The van der Waals surface area contributed by atoms with Crippen molar-refractivity contribution in [3.05, 3.63) is 35.9 Å². The number of hydrogen-bond donors (Lipinski definition) is 0. The van der Waals surface area contributed by atoms with Gasteiger partial charge in [0.05, 0.1) is 13.2 Å². The van der Waals surface area contributed by atoms with Crippen LogP contribution in [0.2, 0.25) is 0 Å². The van der Waals surface area contributed by atoms with Gasteiger partial charge in [0.25, 0.3) is 0 Å². The third-order valence-electron chi connectivity index (χ3n) is 3.22. The van der Waals surface area contributed by atoms with Crippen LogP contribution < -0.4 is 0 Å². The van der Waals surface area contributed by atoms with Gasteiger partial charge in [0.2, 0.25) is 0 Å². The van der Waals surface area contributed by atoms with Gasteiger partial charge in [-0.1, -0.05) is 30.3 Å². The van der Waals surface area contributed by atoms with E-state index in [9.17, 15) is 14.4 Å². The van der Waals surface area contributed by atoms with Crippen LogP contribution in [0.5, 0.6) is 0 Å². The van der Waals surface area contributed by atoms with Crippen molar-refractivity contribution in [3.63, 3.8) is 0 Å². The Morgan fingerprint density at radius 3 is 1.86 bits per heavy atom. The lowest BCUT2D eigenvalue weighted by Crippen LogP contribution is -2.34. The predicted molar refractivity (Wildman–Crippen MR) is 81.2 cm³/mol. The number of rotatable bonds is 8. The number of carbonyl (C=O) groups is 3. The zero-order valence-corrected chi connectivity index (χ0v) is 13.2. The van der Waals surface area contributed by atoms with Gasteiger partial charge in [0, 0.05) is 12.3 Å². The molecule has 0 heterocycles. The Morgan fingerprint density at radius 1 is 0.955 bits per heavy atom. The van der Waals surface area contributed by atoms with Gasteiger partial charge in [-0.15, -0.1) is 0 Å². The summed E-state index contributed by atoms with van der Waals surface area (Å²) in [6.45, 7) is 5.10. The second kappa shape index (κ2) is 8.97. The molecule has 0 spiro atoms. The lowest BCUT2D eigenvalue weighted by molar-refractivity contribution is -0.162. The number of ketones is 1. The number of Topliss-reactive ketones (excluding diaryl/α,β-unsaturated/α-hetero) is 1. The lowest BCUT2D eigenvalue weighted by Gasteiger charge is -2.23. The zero-order valence-electron chi connectivity index (χ0n) is 13.2. The van der Waals surface area contributed by atoms with E-state index in [1.165, 1.54) is 6.92 Å². The molecule has 0 saturated heterocycles. The molecule has 0 aliphatic rings. The van der Waals surface area contributed by atoms with Gasteiger partial charge in [-0.25, -0.2) is 0 Å². The molecule has 0 radical (unpaired) electrons. The van der Waals surface area contributed by atoms with Gasteiger partial charge in [-0.2, -0.15) is 0 Å². The van der Waals surface area contributed by atoms with Crippen molar-refractivity contribution < 1.29 is 23.9 Å². The van der Waals surface area contributed by atoms with Gasteiger partial charge in [-0.05, 0) is 26.3 Å². The molecule has 1 rings (SSSR count). The summed E-state index contributed by atoms with van der Waals surface area (Å²) >= 11 is 0. The van der Waals surface area contributed by atoms with E-state index in [1.807, 2.05) is 6.07 Å². The van der Waals surface area contributed by atoms with Crippen LogP contribution in [-0.2, 0) is 23.9 Å². The first-order valence-corrected chi connectivity index (χ1v) is 7.38. The van der Waals surface area contributed by atoms with E-state index in [1.54, 1.807) is 38.1 Å². The molecule has 0 aromatic heterocycles. The first-order chi connectivity index (χ1) is 10.5. The Balaban J connectivity index is 3.20. The molecular formula is C17H22O5. The summed E-state index contributed by atoms with van der Waals surface area (Å²) in [7, 11) is 0. The lowest BCUT2D eigenvalue weighted by atomic mass is 9.82. The minimum Gasteiger partial charge on any atom is -0.465 e. The van der Waals surface area contributed by atoms with Crippen molar-refractivity contribution in [3.8, 4) is 0 Å². The van der Waals surface area contributed by atoms with Crippen LogP contribution in [0.1, 0.15) is 38.7 Å². The monoisotopic (exact) mass is 306 g/mol. The first-order valence-electron chi connectivity index (χ1n) is 7.38. The van der Waals surface area contributed by atoms with Crippen molar-refractivity contribution >= 4 is 17.7 Å². The van der Waals surface area contributed by atoms with E-state index in [-0.39, 0.29) is 25.4 Å². The largest absolute Gasteiger partial charge is 0.465 e. The van der Waals surface area contributed by atoms with E-state index in [4.69, 9.17) is 9.47 Å². The number of carbonyl (C=O) groups excluding carboxylic acids is 3. The van der Waals surface area contributed by atoms with Gasteiger partial charge in [0.15, 0.2) is 5.92 Å². The minimum atomic E-state index is -1.13. The number of ether oxygens (including phenoxy) is 2. The third-order valence-corrected chi connectivity index (χ3v) is 3.22. The van der Waals surface area contributed by atoms with Crippen molar-refractivity contribution in [2.45, 2.75) is 33.1 Å². The highest BCUT2D eigenvalue weighted by molar-refractivity contribution is 5.97. The van der Waals surface area contributed by atoms with E-state index in [0.29, 0.717) is 0 Å². The van der Waals surface area contributed by atoms with E-state index in [0.717, 1.165) is 5.56 Å². The summed E-state index contributed by atoms with van der Waals surface area (Å²) in [6, 6.07) is 9.02. The van der Waals surface area contributed by atoms with Crippen LogP contribution in [0.3, 0.4) is 0 Å². The molecule has 0 amide bonds. The summed E-state index contributed by atoms with van der Waals surface area (Å²) in [5.74, 6) is -3.14. The van der Waals surface area contributed by atoms with Crippen molar-refractivity contribution in [2.75, 3.05) is 13.2 Å². The average molecular weight is 306 g/mol. The van der Waals surface area contributed by atoms with Crippen LogP contribution in [-0.4, -0.2) is 30.9 Å². The molecule has 0 fully saturated rings. The first kappa shape index (κ1) is 17.9.